The molecule has 4 heteroatoms. The van der Waals surface area contributed by atoms with E-state index < -0.39 is 5.82 Å². The zero-order chi connectivity index (χ0) is 13.0. The van der Waals surface area contributed by atoms with Crippen molar-refractivity contribution in [1.82, 2.24) is 0 Å². The van der Waals surface area contributed by atoms with Gasteiger partial charge in [0.2, 0.25) is 0 Å². The monoisotopic (exact) mass is 252 g/mol. The Bertz CT molecular complexity index is 425. The van der Waals surface area contributed by atoms with E-state index in [1.807, 2.05) is 0 Å². The first-order valence-electron chi connectivity index (χ1n) is 6.21. The summed E-state index contributed by atoms with van der Waals surface area (Å²) in [6.45, 7) is 2.65. The second-order valence-corrected chi connectivity index (χ2v) is 4.47. The topological polar surface area (TPSA) is 35.5 Å². The van der Waals surface area contributed by atoms with Crippen LogP contribution in [0.2, 0.25) is 0 Å². The van der Waals surface area contributed by atoms with Crippen LogP contribution in [0.15, 0.2) is 18.2 Å². The fourth-order valence-corrected chi connectivity index (χ4v) is 2.01. The lowest BCUT2D eigenvalue weighted by molar-refractivity contribution is 0.0897. The number of hydrogen-bond donors (Lipinski definition) is 0. The summed E-state index contributed by atoms with van der Waals surface area (Å²) in [6, 6.07) is 4.29. The van der Waals surface area contributed by atoms with E-state index in [0.29, 0.717) is 12.2 Å². The third kappa shape index (κ3) is 3.29. The fraction of sp³-hybridized carbons (Fsp3) is 0.500. The second kappa shape index (κ2) is 5.96. The van der Waals surface area contributed by atoms with Gasteiger partial charge in [-0.15, -0.1) is 0 Å². The maximum Gasteiger partial charge on any atom is 0.165 e. The van der Waals surface area contributed by atoms with Crippen molar-refractivity contribution in [3.8, 4) is 5.75 Å². The minimum absolute atomic E-state index is 0.153. The van der Waals surface area contributed by atoms with E-state index in [0.717, 1.165) is 25.9 Å². The van der Waals surface area contributed by atoms with E-state index in [1.165, 1.54) is 19.1 Å². The average Bonchev–Trinajstić information content (AvgIpc) is 2.84. The first-order chi connectivity index (χ1) is 8.66. The predicted molar refractivity (Wildman–Crippen MR) is 65.5 cm³/mol. The molecule has 0 spiro atoms. The molecule has 1 unspecified atom stereocenters. The van der Waals surface area contributed by atoms with Gasteiger partial charge >= 0.3 is 0 Å². The van der Waals surface area contributed by atoms with Crippen molar-refractivity contribution in [2.45, 2.75) is 32.3 Å². The lowest BCUT2D eigenvalue weighted by Gasteiger charge is -2.11. The van der Waals surface area contributed by atoms with E-state index in [1.54, 1.807) is 6.07 Å². The summed E-state index contributed by atoms with van der Waals surface area (Å²) in [5.41, 5.74) is 0.360. The van der Waals surface area contributed by atoms with Crippen molar-refractivity contribution in [3.63, 3.8) is 0 Å². The van der Waals surface area contributed by atoms with Crippen molar-refractivity contribution in [2.75, 3.05) is 13.2 Å². The SMILES string of the molecule is CC(=O)c1ccc(OCCC2CCCO2)c(F)c1. The molecule has 1 heterocycles. The summed E-state index contributed by atoms with van der Waals surface area (Å²) in [6.07, 6.45) is 3.15. The molecule has 3 nitrogen and oxygen atoms in total. The van der Waals surface area contributed by atoms with Gasteiger partial charge in [-0.2, -0.15) is 0 Å². The third-order valence-corrected chi connectivity index (χ3v) is 3.06. The Morgan fingerprint density at radius 1 is 1.56 bits per heavy atom. The highest BCUT2D eigenvalue weighted by Crippen LogP contribution is 2.20. The van der Waals surface area contributed by atoms with Crippen LogP contribution in [-0.4, -0.2) is 25.1 Å². The highest BCUT2D eigenvalue weighted by atomic mass is 19.1. The molecule has 1 aliphatic heterocycles. The van der Waals surface area contributed by atoms with E-state index in [9.17, 15) is 9.18 Å². The van der Waals surface area contributed by atoms with E-state index in [4.69, 9.17) is 9.47 Å². The number of carbonyl (C=O) groups excluding carboxylic acids is 1. The minimum Gasteiger partial charge on any atom is -0.490 e. The van der Waals surface area contributed by atoms with E-state index >= 15 is 0 Å². The van der Waals surface area contributed by atoms with Gasteiger partial charge in [-0.25, -0.2) is 4.39 Å². The molecule has 1 fully saturated rings. The highest BCUT2D eigenvalue weighted by molar-refractivity contribution is 5.94. The van der Waals surface area contributed by atoms with Gasteiger partial charge in [0, 0.05) is 18.6 Å². The molecule has 0 aromatic heterocycles. The standard InChI is InChI=1S/C14H17FO3/c1-10(16)11-4-5-14(13(15)9-11)18-8-6-12-3-2-7-17-12/h4-5,9,12H,2-3,6-8H2,1H3. The zero-order valence-electron chi connectivity index (χ0n) is 10.4. The average molecular weight is 252 g/mol. The molecule has 1 aromatic rings. The Morgan fingerprint density at radius 3 is 3.00 bits per heavy atom. The molecule has 1 saturated heterocycles. The van der Waals surface area contributed by atoms with E-state index in [2.05, 4.69) is 0 Å². The predicted octanol–water partition coefficient (Wildman–Crippen LogP) is 2.98. The maximum absolute atomic E-state index is 13.6. The number of benzene rings is 1. The summed E-state index contributed by atoms with van der Waals surface area (Å²) in [4.78, 5) is 11.1. The summed E-state index contributed by atoms with van der Waals surface area (Å²) in [5.74, 6) is -0.451. The lowest BCUT2D eigenvalue weighted by Crippen LogP contribution is -2.11. The highest BCUT2D eigenvalue weighted by Gasteiger charge is 2.15. The van der Waals surface area contributed by atoms with Gasteiger partial charge in [0.15, 0.2) is 17.3 Å². The van der Waals surface area contributed by atoms with Gasteiger partial charge in [-0.05, 0) is 38.0 Å². The van der Waals surface area contributed by atoms with Gasteiger partial charge in [-0.1, -0.05) is 0 Å². The number of halogens is 1. The van der Waals surface area contributed by atoms with Gasteiger partial charge in [-0.3, -0.25) is 4.79 Å². The Hall–Kier alpha value is -1.42. The second-order valence-electron chi connectivity index (χ2n) is 4.47. The zero-order valence-corrected chi connectivity index (χ0v) is 10.4. The number of carbonyl (C=O) groups is 1. The van der Waals surface area contributed by atoms with Crippen molar-refractivity contribution in [3.05, 3.63) is 29.6 Å². The van der Waals surface area contributed by atoms with Crippen LogP contribution in [0.5, 0.6) is 5.75 Å². The van der Waals surface area contributed by atoms with Gasteiger partial charge < -0.3 is 9.47 Å². The molecular formula is C14H17FO3. The molecule has 0 aliphatic carbocycles. The smallest absolute Gasteiger partial charge is 0.165 e. The molecule has 1 aromatic carbocycles. The molecule has 0 N–H and O–H groups in total. The van der Waals surface area contributed by atoms with E-state index in [-0.39, 0.29) is 17.6 Å². The van der Waals surface area contributed by atoms with Crippen molar-refractivity contribution in [1.29, 1.82) is 0 Å². The molecular weight excluding hydrogens is 235 g/mol. The van der Waals surface area contributed by atoms with Crippen LogP contribution < -0.4 is 4.74 Å². The van der Waals surface area contributed by atoms with Crippen LogP contribution in [0, 0.1) is 5.82 Å². The number of ether oxygens (including phenoxy) is 2. The van der Waals surface area contributed by atoms with Crippen LogP contribution in [0.1, 0.15) is 36.5 Å². The maximum atomic E-state index is 13.6. The van der Waals surface area contributed by atoms with Crippen LogP contribution in [-0.2, 0) is 4.74 Å². The molecule has 0 amide bonds. The fourth-order valence-electron chi connectivity index (χ4n) is 2.01. The van der Waals surface area contributed by atoms with Crippen molar-refractivity contribution in [2.24, 2.45) is 0 Å². The van der Waals surface area contributed by atoms with Gasteiger partial charge in [0.05, 0.1) is 12.7 Å². The van der Waals surface area contributed by atoms with Crippen LogP contribution in [0.25, 0.3) is 0 Å². The minimum atomic E-state index is -0.491. The number of Topliss-reactive ketones (excluding diaryl/α,β-unsaturated/α-hetero) is 1. The van der Waals surface area contributed by atoms with Crippen LogP contribution in [0.3, 0.4) is 0 Å². The molecule has 1 atom stereocenters. The van der Waals surface area contributed by atoms with Crippen LogP contribution in [0.4, 0.5) is 4.39 Å². The Balaban J connectivity index is 1.87. The lowest BCUT2D eigenvalue weighted by atomic mass is 10.1. The summed E-state index contributed by atoms with van der Waals surface area (Å²) in [7, 11) is 0. The van der Waals surface area contributed by atoms with Gasteiger partial charge in [0.1, 0.15) is 0 Å². The number of rotatable bonds is 5. The van der Waals surface area contributed by atoms with Crippen molar-refractivity contribution >= 4 is 5.78 Å². The Labute approximate surface area is 106 Å². The Morgan fingerprint density at radius 2 is 2.39 bits per heavy atom. The third-order valence-electron chi connectivity index (χ3n) is 3.06. The van der Waals surface area contributed by atoms with Crippen molar-refractivity contribution < 1.29 is 18.7 Å². The summed E-state index contributed by atoms with van der Waals surface area (Å²) >= 11 is 0. The normalized spacial score (nSPS) is 18.9. The molecule has 98 valence electrons. The first-order valence-corrected chi connectivity index (χ1v) is 6.21. The van der Waals surface area contributed by atoms with Crippen LogP contribution >= 0.6 is 0 Å². The molecule has 0 bridgehead atoms. The number of hydrogen-bond acceptors (Lipinski definition) is 3. The molecule has 0 saturated carbocycles. The first kappa shape index (κ1) is 13.0. The summed E-state index contributed by atoms with van der Waals surface area (Å²) < 4.78 is 24.4. The molecule has 1 aliphatic rings. The number of ketones is 1. The molecule has 2 rings (SSSR count). The quantitative estimate of drug-likeness (QED) is 0.756. The molecule has 0 radical (unpaired) electrons. The summed E-state index contributed by atoms with van der Waals surface area (Å²) in [5, 5.41) is 0. The van der Waals surface area contributed by atoms with Gasteiger partial charge in [0.25, 0.3) is 0 Å². The molecule has 18 heavy (non-hydrogen) atoms. The largest absolute Gasteiger partial charge is 0.490 e. The Kier molecular flexibility index (Phi) is 4.31.